The first-order chi connectivity index (χ1) is 12.4. The molecule has 1 heterocycles. The second-order valence-corrected chi connectivity index (χ2v) is 6.98. The molecule has 1 aliphatic heterocycles. The second-order valence-electron chi connectivity index (χ2n) is 6.06. The van der Waals surface area contributed by atoms with Gasteiger partial charge in [-0.15, -0.1) is 0 Å². The number of hydrogen-bond donors (Lipinski definition) is 3. The van der Waals surface area contributed by atoms with Crippen LogP contribution < -0.4 is 20.9 Å². The highest BCUT2D eigenvalue weighted by atomic mass is 79.9. The molecule has 3 N–H and O–H groups in total. The highest BCUT2D eigenvalue weighted by Crippen LogP contribution is 2.27. The molecule has 138 valence electrons. The number of hydrazine groups is 1. The third-order valence-electron chi connectivity index (χ3n) is 4.20. The van der Waals surface area contributed by atoms with Crippen molar-refractivity contribution in [3.8, 4) is 5.75 Å². The van der Waals surface area contributed by atoms with Crippen molar-refractivity contribution in [1.29, 1.82) is 0 Å². The summed E-state index contributed by atoms with van der Waals surface area (Å²) in [6.07, 6.45) is -0.327. The molecule has 1 aliphatic rings. The summed E-state index contributed by atoms with van der Waals surface area (Å²) in [4.78, 5) is 12.2. The van der Waals surface area contributed by atoms with Gasteiger partial charge >= 0.3 is 0 Å². The van der Waals surface area contributed by atoms with Crippen molar-refractivity contribution < 1.29 is 18.3 Å². The first kappa shape index (κ1) is 18.8. The molecule has 0 aromatic heterocycles. The minimum absolute atomic E-state index is 0.0234. The normalized spacial score (nSPS) is 22.2. The minimum Gasteiger partial charge on any atom is -0.484 e. The number of rotatable bonds is 5. The maximum atomic E-state index is 13.2. The van der Waals surface area contributed by atoms with Crippen LogP contribution in [0.1, 0.15) is 18.4 Å². The molecule has 26 heavy (non-hydrogen) atoms. The van der Waals surface area contributed by atoms with E-state index in [0.29, 0.717) is 0 Å². The Bertz CT molecular complexity index is 789. The number of carbonyl (C=O) groups is 1. The maximum absolute atomic E-state index is 13.2. The molecular formula is C18H18BrF2N3O2. The molecule has 3 rings (SSSR count). The van der Waals surface area contributed by atoms with Gasteiger partial charge in [-0.2, -0.15) is 0 Å². The van der Waals surface area contributed by atoms with Gasteiger partial charge < -0.3 is 10.1 Å². The van der Waals surface area contributed by atoms with Crippen LogP contribution >= 0.6 is 15.9 Å². The molecule has 0 bridgehead atoms. The van der Waals surface area contributed by atoms with E-state index in [1.54, 1.807) is 0 Å². The zero-order valence-corrected chi connectivity index (χ0v) is 15.5. The van der Waals surface area contributed by atoms with Gasteiger partial charge in [0, 0.05) is 22.5 Å². The van der Waals surface area contributed by atoms with Gasteiger partial charge in [0.25, 0.3) is 5.91 Å². The van der Waals surface area contributed by atoms with Crippen molar-refractivity contribution >= 4 is 21.8 Å². The van der Waals surface area contributed by atoms with Crippen LogP contribution in [0.15, 0.2) is 46.9 Å². The van der Waals surface area contributed by atoms with Crippen molar-refractivity contribution in [2.75, 3.05) is 6.61 Å². The Kier molecular flexibility index (Phi) is 5.85. The lowest BCUT2D eigenvalue weighted by molar-refractivity contribution is -0.124. The van der Waals surface area contributed by atoms with Gasteiger partial charge in [0.2, 0.25) is 0 Å². The molecule has 8 heteroatoms. The molecule has 1 fully saturated rings. The summed E-state index contributed by atoms with van der Waals surface area (Å²) in [5.74, 6) is -2.24. The lowest BCUT2D eigenvalue weighted by Crippen LogP contribution is -2.47. The van der Waals surface area contributed by atoms with Crippen LogP contribution in [0, 0.1) is 11.6 Å². The lowest BCUT2D eigenvalue weighted by atomic mass is 9.91. The van der Waals surface area contributed by atoms with E-state index in [9.17, 15) is 13.6 Å². The van der Waals surface area contributed by atoms with Crippen LogP contribution in [-0.4, -0.2) is 24.7 Å². The van der Waals surface area contributed by atoms with E-state index in [-0.39, 0.29) is 36.4 Å². The summed E-state index contributed by atoms with van der Waals surface area (Å²) < 4.78 is 32.3. The highest BCUT2D eigenvalue weighted by molar-refractivity contribution is 9.10. The summed E-state index contributed by atoms with van der Waals surface area (Å²) in [5.41, 5.74) is 7.25. The molecule has 2 aromatic carbocycles. The largest absolute Gasteiger partial charge is 0.484 e. The van der Waals surface area contributed by atoms with Gasteiger partial charge in [0.05, 0.1) is 0 Å². The highest BCUT2D eigenvalue weighted by Gasteiger charge is 2.35. The summed E-state index contributed by atoms with van der Waals surface area (Å²) in [5, 5.41) is 2.85. The summed E-state index contributed by atoms with van der Waals surface area (Å²) >= 11 is 3.41. The topological polar surface area (TPSA) is 62.4 Å². The number of nitrogens with one attached hydrogen (secondary N) is 3. The van der Waals surface area contributed by atoms with Crippen LogP contribution in [0.4, 0.5) is 8.78 Å². The molecule has 0 aliphatic carbocycles. The predicted molar refractivity (Wildman–Crippen MR) is 96.4 cm³/mol. The Labute approximate surface area is 158 Å². The summed E-state index contributed by atoms with van der Waals surface area (Å²) in [6.45, 7) is 1.72. The number of ether oxygens (including phenoxy) is 1. The second kappa shape index (κ2) is 8.11. The van der Waals surface area contributed by atoms with E-state index >= 15 is 0 Å². The standard InChI is InChI=1S/C18H18BrF2N3O2/c1-10-17(11-2-4-12(19)5-3-11)18(24-23-10)22-16(25)9-26-13-6-7-14(20)15(21)8-13/h2-8,10,17-18,23-24H,9H2,1H3,(H,22,25). The van der Waals surface area contributed by atoms with Crippen LogP contribution in [-0.2, 0) is 4.79 Å². The number of hydrogen-bond acceptors (Lipinski definition) is 4. The fourth-order valence-corrected chi connectivity index (χ4v) is 3.18. The van der Waals surface area contributed by atoms with Crippen molar-refractivity contribution in [2.45, 2.75) is 25.0 Å². The van der Waals surface area contributed by atoms with Crippen LogP contribution in [0.3, 0.4) is 0 Å². The predicted octanol–water partition coefficient (Wildman–Crippen LogP) is 2.83. The number of benzene rings is 2. The zero-order valence-electron chi connectivity index (χ0n) is 13.9. The number of halogens is 3. The van der Waals surface area contributed by atoms with Gasteiger partial charge in [-0.1, -0.05) is 28.1 Å². The van der Waals surface area contributed by atoms with Crippen molar-refractivity contribution in [1.82, 2.24) is 16.2 Å². The van der Waals surface area contributed by atoms with E-state index in [0.717, 1.165) is 22.2 Å². The minimum atomic E-state index is -1.02. The molecule has 2 aromatic rings. The van der Waals surface area contributed by atoms with Crippen molar-refractivity contribution in [2.24, 2.45) is 0 Å². The number of carbonyl (C=O) groups excluding carboxylic acids is 1. The van der Waals surface area contributed by atoms with E-state index in [4.69, 9.17) is 4.74 Å². The van der Waals surface area contributed by atoms with Crippen molar-refractivity contribution in [3.63, 3.8) is 0 Å². The fourth-order valence-electron chi connectivity index (χ4n) is 2.91. The van der Waals surface area contributed by atoms with Gasteiger partial charge in [-0.25, -0.2) is 14.2 Å². The average molecular weight is 426 g/mol. The maximum Gasteiger partial charge on any atom is 0.259 e. The third kappa shape index (κ3) is 4.38. The Balaban J connectivity index is 1.60. The fraction of sp³-hybridized carbons (Fsp3) is 0.278. The van der Waals surface area contributed by atoms with Gasteiger partial charge in [0.15, 0.2) is 18.2 Å². The Morgan fingerprint density at radius 2 is 1.88 bits per heavy atom. The molecule has 0 spiro atoms. The quantitative estimate of drug-likeness (QED) is 0.689. The van der Waals surface area contributed by atoms with Crippen LogP contribution in [0.2, 0.25) is 0 Å². The van der Waals surface area contributed by atoms with E-state index < -0.39 is 11.6 Å². The Hall–Kier alpha value is -2.03. The summed E-state index contributed by atoms with van der Waals surface area (Å²) in [7, 11) is 0. The van der Waals surface area contributed by atoms with Gasteiger partial charge in [-0.3, -0.25) is 10.2 Å². The first-order valence-corrected chi connectivity index (χ1v) is 8.87. The van der Waals surface area contributed by atoms with E-state index in [1.165, 1.54) is 6.07 Å². The monoisotopic (exact) mass is 425 g/mol. The van der Waals surface area contributed by atoms with Crippen LogP contribution in [0.5, 0.6) is 5.75 Å². The molecule has 1 amide bonds. The molecule has 0 radical (unpaired) electrons. The zero-order chi connectivity index (χ0) is 18.7. The average Bonchev–Trinajstić information content (AvgIpc) is 2.97. The molecule has 3 atom stereocenters. The molecule has 0 saturated carbocycles. The molecule has 3 unspecified atom stereocenters. The third-order valence-corrected chi connectivity index (χ3v) is 4.73. The SMILES string of the molecule is CC1NNC(NC(=O)COc2ccc(F)c(F)c2)C1c1ccc(Br)cc1. The molecule has 1 saturated heterocycles. The Morgan fingerprint density at radius 3 is 2.58 bits per heavy atom. The summed E-state index contributed by atoms with van der Waals surface area (Å²) in [6, 6.07) is 11.1. The molecule has 5 nitrogen and oxygen atoms in total. The van der Waals surface area contributed by atoms with E-state index in [2.05, 4.69) is 32.1 Å². The van der Waals surface area contributed by atoms with Gasteiger partial charge in [0.1, 0.15) is 11.9 Å². The van der Waals surface area contributed by atoms with Gasteiger partial charge in [-0.05, 0) is 36.8 Å². The number of amides is 1. The lowest BCUT2D eigenvalue weighted by Gasteiger charge is -2.22. The first-order valence-electron chi connectivity index (χ1n) is 8.08. The Morgan fingerprint density at radius 1 is 1.15 bits per heavy atom. The molecular weight excluding hydrogens is 408 g/mol. The smallest absolute Gasteiger partial charge is 0.259 e. The van der Waals surface area contributed by atoms with Crippen LogP contribution in [0.25, 0.3) is 0 Å². The van der Waals surface area contributed by atoms with E-state index in [1.807, 2.05) is 31.2 Å². The van der Waals surface area contributed by atoms with Crippen molar-refractivity contribution in [3.05, 3.63) is 64.1 Å².